The summed E-state index contributed by atoms with van der Waals surface area (Å²) >= 11 is 1.61. The predicted octanol–water partition coefficient (Wildman–Crippen LogP) is 3.48. The molecule has 0 unspecified atom stereocenters. The molecule has 0 aliphatic rings. The Hall–Kier alpha value is -3.43. The van der Waals surface area contributed by atoms with E-state index in [1.54, 1.807) is 29.3 Å². The number of carbonyl (C=O) groups excluding carboxylic acids is 1. The molecule has 0 aliphatic heterocycles. The van der Waals surface area contributed by atoms with Gasteiger partial charge in [0.25, 0.3) is 11.9 Å². The third-order valence-corrected chi connectivity index (χ3v) is 5.55. The number of aromatic nitrogens is 5. The van der Waals surface area contributed by atoms with E-state index in [1.165, 1.54) is 6.20 Å². The lowest BCUT2D eigenvalue weighted by atomic mass is 10.2. The molecule has 9 heteroatoms. The van der Waals surface area contributed by atoms with Crippen molar-refractivity contribution < 1.29 is 9.53 Å². The second kappa shape index (κ2) is 9.15. The van der Waals surface area contributed by atoms with Crippen molar-refractivity contribution in [1.82, 2.24) is 30.0 Å². The van der Waals surface area contributed by atoms with Crippen molar-refractivity contribution in [2.75, 3.05) is 7.11 Å². The van der Waals surface area contributed by atoms with E-state index in [0.29, 0.717) is 23.8 Å². The van der Waals surface area contributed by atoms with Crippen molar-refractivity contribution >= 4 is 17.2 Å². The highest BCUT2D eigenvalue weighted by atomic mass is 32.1. The number of ether oxygens (including phenoxy) is 1. The van der Waals surface area contributed by atoms with Crippen LogP contribution >= 0.6 is 11.3 Å². The van der Waals surface area contributed by atoms with Crippen LogP contribution in [0.1, 0.15) is 33.0 Å². The fourth-order valence-corrected chi connectivity index (χ4v) is 3.95. The Bertz CT molecular complexity index is 1200. The number of nitrogens with zero attached hydrogens (tertiary/aromatic N) is 5. The number of aryl methyl sites for hydroxylation is 2. The van der Waals surface area contributed by atoms with Crippen LogP contribution in [0.15, 0.2) is 48.1 Å². The molecular weight excluding hydrogens is 412 g/mol. The van der Waals surface area contributed by atoms with E-state index in [1.807, 2.05) is 49.6 Å². The highest BCUT2D eigenvalue weighted by Gasteiger charge is 2.20. The van der Waals surface area contributed by atoms with Crippen molar-refractivity contribution in [2.45, 2.75) is 27.0 Å². The zero-order chi connectivity index (χ0) is 21.8. The molecule has 0 aliphatic carbocycles. The highest BCUT2D eigenvalue weighted by Crippen LogP contribution is 2.26. The van der Waals surface area contributed by atoms with Crippen molar-refractivity contribution in [3.05, 3.63) is 76.3 Å². The van der Waals surface area contributed by atoms with Crippen molar-refractivity contribution in [3.8, 4) is 16.5 Å². The van der Waals surface area contributed by atoms with E-state index in [2.05, 4.69) is 20.4 Å². The van der Waals surface area contributed by atoms with Gasteiger partial charge in [0.05, 0.1) is 46.9 Å². The summed E-state index contributed by atoms with van der Waals surface area (Å²) in [5.41, 5.74) is 4.49. The minimum atomic E-state index is -0.257. The maximum absolute atomic E-state index is 12.9. The summed E-state index contributed by atoms with van der Waals surface area (Å²) < 4.78 is 6.89. The van der Waals surface area contributed by atoms with Crippen molar-refractivity contribution in [1.29, 1.82) is 0 Å². The number of nitrogens with one attached hydrogen (secondary N) is 1. The first-order chi connectivity index (χ1) is 15.1. The van der Waals surface area contributed by atoms with Crippen LogP contribution in [0, 0.1) is 13.8 Å². The first kappa shape index (κ1) is 20.8. The fourth-order valence-electron chi connectivity index (χ4n) is 3.17. The number of pyridine rings is 1. The molecule has 4 aromatic rings. The molecule has 0 bridgehead atoms. The Kier molecular flexibility index (Phi) is 6.15. The zero-order valence-electron chi connectivity index (χ0n) is 17.5. The summed E-state index contributed by atoms with van der Waals surface area (Å²) in [5, 5.41) is 9.29. The minimum absolute atomic E-state index is 0.191. The Morgan fingerprint density at radius 2 is 2.03 bits per heavy atom. The van der Waals surface area contributed by atoms with Crippen molar-refractivity contribution in [2.24, 2.45) is 0 Å². The van der Waals surface area contributed by atoms with Crippen LogP contribution in [-0.2, 0) is 17.9 Å². The van der Waals surface area contributed by atoms with E-state index < -0.39 is 0 Å². The zero-order valence-corrected chi connectivity index (χ0v) is 18.3. The third kappa shape index (κ3) is 4.52. The first-order valence-electron chi connectivity index (χ1n) is 9.71. The largest absolute Gasteiger partial charge is 0.378 e. The van der Waals surface area contributed by atoms with Crippen LogP contribution < -0.4 is 5.32 Å². The van der Waals surface area contributed by atoms with Crippen LogP contribution in [0.4, 0.5) is 0 Å². The van der Waals surface area contributed by atoms with Gasteiger partial charge in [-0.15, -0.1) is 11.3 Å². The second-order valence-corrected chi connectivity index (χ2v) is 7.93. The van der Waals surface area contributed by atoms with Gasteiger partial charge >= 0.3 is 0 Å². The lowest BCUT2D eigenvalue weighted by Crippen LogP contribution is -2.24. The number of rotatable bonds is 7. The molecular formula is C22H22N6O2S. The molecule has 8 nitrogen and oxygen atoms in total. The molecule has 0 saturated carbocycles. The predicted molar refractivity (Wildman–Crippen MR) is 118 cm³/mol. The van der Waals surface area contributed by atoms with E-state index in [-0.39, 0.29) is 12.5 Å². The van der Waals surface area contributed by atoms with Crippen LogP contribution in [0.25, 0.3) is 16.5 Å². The summed E-state index contributed by atoms with van der Waals surface area (Å²) in [6, 6.07) is 9.70. The van der Waals surface area contributed by atoms with Crippen molar-refractivity contribution in [3.63, 3.8) is 0 Å². The number of carbonyl (C=O) groups is 1. The van der Waals surface area contributed by atoms with Gasteiger partial charge in [-0.1, -0.05) is 12.1 Å². The molecule has 0 aromatic carbocycles. The average Bonchev–Trinajstić information content (AvgIpc) is 3.43. The minimum Gasteiger partial charge on any atom is -0.378 e. The summed E-state index contributed by atoms with van der Waals surface area (Å²) in [6.07, 6.45) is 3.28. The number of methoxy groups -OCH3 is 1. The summed E-state index contributed by atoms with van der Waals surface area (Å²) in [6.45, 7) is 4.40. The normalized spacial score (nSPS) is 10.9. The molecule has 4 rings (SSSR count). The SMILES string of the molecule is COCc1c(C(=O)NCc2cccc(C)n2)cnn1-c1ncc(C)c(-c2cccs2)n1. The van der Waals surface area contributed by atoms with E-state index in [0.717, 1.165) is 27.5 Å². The van der Waals surface area contributed by atoms with E-state index in [4.69, 9.17) is 9.72 Å². The fraction of sp³-hybridized carbons (Fsp3) is 0.227. The van der Waals surface area contributed by atoms with Crippen LogP contribution in [-0.4, -0.2) is 37.7 Å². The maximum Gasteiger partial charge on any atom is 0.255 e. The lowest BCUT2D eigenvalue weighted by Gasteiger charge is -2.10. The topological polar surface area (TPSA) is 94.8 Å². The molecule has 0 spiro atoms. The van der Waals surface area contributed by atoms with Gasteiger partial charge < -0.3 is 10.1 Å². The summed E-state index contributed by atoms with van der Waals surface area (Å²) in [4.78, 5) is 27.5. The van der Waals surface area contributed by atoms with Gasteiger partial charge in [0.1, 0.15) is 0 Å². The Morgan fingerprint density at radius 1 is 1.16 bits per heavy atom. The quantitative estimate of drug-likeness (QED) is 0.479. The molecule has 31 heavy (non-hydrogen) atoms. The van der Waals surface area contributed by atoms with Gasteiger partial charge in [0.15, 0.2) is 0 Å². The van der Waals surface area contributed by atoms with E-state index in [9.17, 15) is 4.79 Å². The Labute approximate surface area is 184 Å². The number of hydrogen-bond acceptors (Lipinski definition) is 7. The maximum atomic E-state index is 12.9. The first-order valence-corrected chi connectivity index (χ1v) is 10.6. The molecule has 1 amide bonds. The number of hydrogen-bond donors (Lipinski definition) is 1. The molecule has 0 radical (unpaired) electrons. The van der Waals surface area contributed by atoms with Gasteiger partial charge in [-0.2, -0.15) is 9.78 Å². The Balaban J connectivity index is 1.63. The van der Waals surface area contributed by atoms with Gasteiger partial charge in [0, 0.05) is 19.0 Å². The standard InChI is InChI=1S/C22H22N6O2S/c1-14-10-24-22(27-20(14)19-8-5-9-31-19)28-18(13-30-3)17(12-25-28)21(29)23-11-16-7-4-6-15(2)26-16/h4-10,12H,11,13H2,1-3H3,(H,23,29). The third-order valence-electron chi connectivity index (χ3n) is 4.67. The number of thiophene rings is 1. The monoisotopic (exact) mass is 434 g/mol. The molecule has 0 saturated heterocycles. The van der Waals surface area contributed by atoms with Gasteiger partial charge in [-0.25, -0.2) is 9.97 Å². The molecule has 4 heterocycles. The second-order valence-electron chi connectivity index (χ2n) is 6.98. The van der Waals surface area contributed by atoms with Gasteiger partial charge in [-0.3, -0.25) is 9.78 Å². The van der Waals surface area contributed by atoms with Crippen LogP contribution in [0.5, 0.6) is 0 Å². The number of amides is 1. The van der Waals surface area contributed by atoms with E-state index >= 15 is 0 Å². The molecule has 0 atom stereocenters. The van der Waals surface area contributed by atoms with Gasteiger partial charge in [0.2, 0.25) is 0 Å². The highest BCUT2D eigenvalue weighted by molar-refractivity contribution is 7.13. The molecule has 158 valence electrons. The van der Waals surface area contributed by atoms with Crippen LogP contribution in [0.2, 0.25) is 0 Å². The average molecular weight is 435 g/mol. The Morgan fingerprint density at radius 3 is 2.77 bits per heavy atom. The molecule has 4 aromatic heterocycles. The smallest absolute Gasteiger partial charge is 0.255 e. The van der Waals surface area contributed by atoms with Gasteiger partial charge in [-0.05, 0) is 43.0 Å². The summed E-state index contributed by atoms with van der Waals surface area (Å²) in [5.74, 6) is 0.132. The molecule has 0 fully saturated rings. The summed E-state index contributed by atoms with van der Waals surface area (Å²) in [7, 11) is 1.57. The van der Waals surface area contributed by atoms with Crippen LogP contribution in [0.3, 0.4) is 0 Å². The molecule has 1 N–H and O–H groups in total. The lowest BCUT2D eigenvalue weighted by molar-refractivity contribution is 0.0945.